The molecule has 98 valence electrons. The van der Waals surface area contributed by atoms with Crippen LogP contribution in [0, 0.1) is 0 Å². The molecule has 0 saturated carbocycles. The first kappa shape index (κ1) is 14.5. The van der Waals surface area contributed by atoms with Crippen molar-refractivity contribution in [2.24, 2.45) is 0 Å². The smallest absolute Gasteiger partial charge is 0.0892 e. The van der Waals surface area contributed by atoms with Crippen LogP contribution in [0.15, 0.2) is 23.3 Å². The predicted octanol–water partition coefficient (Wildman–Crippen LogP) is 3.61. The maximum absolute atomic E-state index is 9.80. The molecular weight excluding hydrogens is 212 g/mol. The van der Waals surface area contributed by atoms with Crippen molar-refractivity contribution >= 4 is 0 Å². The molecule has 1 heterocycles. The number of hydrogen-bond donors (Lipinski definition) is 1. The zero-order valence-electron chi connectivity index (χ0n) is 11.8. The van der Waals surface area contributed by atoms with E-state index >= 15 is 0 Å². The quantitative estimate of drug-likeness (QED) is 0.566. The Morgan fingerprint density at radius 2 is 1.94 bits per heavy atom. The maximum Gasteiger partial charge on any atom is 0.0892 e. The van der Waals surface area contributed by atoms with Crippen molar-refractivity contribution in [1.29, 1.82) is 0 Å². The molecule has 2 atom stereocenters. The van der Waals surface area contributed by atoms with Gasteiger partial charge in [0.15, 0.2) is 0 Å². The SMILES string of the molecule is CC(C)=CCC(O)/C=C(\C)CCC1OC1(C)C. The molecule has 1 rings (SSSR count). The van der Waals surface area contributed by atoms with Gasteiger partial charge in [0.1, 0.15) is 0 Å². The van der Waals surface area contributed by atoms with Crippen LogP contribution >= 0.6 is 0 Å². The van der Waals surface area contributed by atoms with Crippen molar-refractivity contribution in [3.8, 4) is 0 Å². The second kappa shape index (κ2) is 5.83. The summed E-state index contributed by atoms with van der Waals surface area (Å²) < 4.78 is 5.54. The second-order valence-electron chi connectivity index (χ2n) is 5.85. The van der Waals surface area contributed by atoms with E-state index in [1.54, 1.807) is 0 Å². The van der Waals surface area contributed by atoms with Gasteiger partial charge in [0, 0.05) is 0 Å². The molecule has 1 aliphatic heterocycles. The third kappa shape index (κ3) is 5.51. The lowest BCUT2D eigenvalue weighted by Gasteiger charge is -2.06. The molecule has 0 bridgehead atoms. The first-order chi connectivity index (χ1) is 7.81. The van der Waals surface area contributed by atoms with E-state index in [9.17, 15) is 5.11 Å². The monoisotopic (exact) mass is 238 g/mol. The lowest BCUT2D eigenvalue weighted by Crippen LogP contribution is -2.04. The molecule has 2 unspecified atom stereocenters. The predicted molar refractivity (Wildman–Crippen MR) is 72.0 cm³/mol. The van der Waals surface area contributed by atoms with E-state index < -0.39 is 0 Å². The zero-order chi connectivity index (χ0) is 13.1. The number of hydrogen-bond acceptors (Lipinski definition) is 2. The molecule has 1 saturated heterocycles. The lowest BCUT2D eigenvalue weighted by atomic mass is 10.0. The Morgan fingerprint density at radius 1 is 1.35 bits per heavy atom. The minimum absolute atomic E-state index is 0.0843. The van der Waals surface area contributed by atoms with Crippen LogP contribution in [0.25, 0.3) is 0 Å². The summed E-state index contributed by atoms with van der Waals surface area (Å²) in [4.78, 5) is 0. The van der Waals surface area contributed by atoms with Crippen molar-refractivity contribution in [3.63, 3.8) is 0 Å². The number of aliphatic hydroxyl groups is 1. The van der Waals surface area contributed by atoms with Gasteiger partial charge in [-0.1, -0.05) is 23.3 Å². The highest BCUT2D eigenvalue weighted by atomic mass is 16.6. The molecule has 0 aromatic carbocycles. The molecule has 0 spiro atoms. The van der Waals surface area contributed by atoms with Crippen molar-refractivity contribution in [2.45, 2.75) is 71.7 Å². The average molecular weight is 238 g/mol. The first-order valence-corrected chi connectivity index (χ1v) is 6.48. The number of epoxide rings is 1. The maximum atomic E-state index is 9.80. The molecule has 0 aliphatic carbocycles. The van der Waals surface area contributed by atoms with Crippen LogP contribution in [0.4, 0.5) is 0 Å². The lowest BCUT2D eigenvalue weighted by molar-refractivity contribution is 0.225. The summed E-state index contributed by atoms with van der Waals surface area (Å²) in [7, 11) is 0. The van der Waals surface area contributed by atoms with Crippen LogP contribution in [-0.2, 0) is 4.74 Å². The van der Waals surface area contributed by atoms with Crippen molar-refractivity contribution in [2.75, 3.05) is 0 Å². The highest BCUT2D eigenvalue weighted by Gasteiger charge is 2.46. The van der Waals surface area contributed by atoms with Crippen molar-refractivity contribution in [3.05, 3.63) is 23.3 Å². The number of ether oxygens (including phenoxy) is 1. The Balaban J connectivity index is 2.26. The minimum atomic E-state index is -0.349. The van der Waals surface area contributed by atoms with Crippen molar-refractivity contribution < 1.29 is 9.84 Å². The summed E-state index contributed by atoms with van der Waals surface area (Å²) in [5.74, 6) is 0. The Kier molecular flexibility index (Phi) is 4.96. The van der Waals surface area contributed by atoms with Gasteiger partial charge in [-0.25, -0.2) is 0 Å². The van der Waals surface area contributed by atoms with Crippen LogP contribution in [0.3, 0.4) is 0 Å². The Labute approximate surface area is 105 Å². The third-order valence-corrected chi connectivity index (χ3v) is 3.21. The van der Waals surface area contributed by atoms with Gasteiger partial charge in [0.25, 0.3) is 0 Å². The average Bonchev–Trinajstić information content (AvgIpc) is 2.80. The van der Waals surface area contributed by atoms with Gasteiger partial charge in [0.05, 0.1) is 17.8 Å². The van der Waals surface area contributed by atoms with Gasteiger partial charge in [-0.05, 0) is 53.9 Å². The summed E-state index contributed by atoms with van der Waals surface area (Å²) in [6.07, 6.45) is 6.88. The van der Waals surface area contributed by atoms with Crippen LogP contribution in [0.5, 0.6) is 0 Å². The molecule has 0 aromatic rings. The Morgan fingerprint density at radius 3 is 2.41 bits per heavy atom. The molecule has 17 heavy (non-hydrogen) atoms. The highest BCUT2D eigenvalue weighted by Crippen LogP contribution is 2.38. The number of rotatable bonds is 6. The van der Waals surface area contributed by atoms with E-state index in [1.807, 2.05) is 6.08 Å². The van der Waals surface area contributed by atoms with E-state index in [0.29, 0.717) is 12.5 Å². The third-order valence-electron chi connectivity index (χ3n) is 3.21. The summed E-state index contributed by atoms with van der Waals surface area (Å²) in [6.45, 7) is 10.4. The number of allylic oxidation sites excluding steroid dienone is 2. The molecule has 0 aromatic heterocycles. The molecule has 1 N–H and O–H groups in total. The molecule has 2 nitrogen and oxygen atoms in total. The fraction of sp³-hybridized carbons (Fsp3) is 0.733. The summed E-state index contributed by atoms with van der Waals surface area (Å²) >= 11 is 0. The molecule has 1 fully saturated rings. The van der Waals surface area contributed by atoms with Gasteiger partial charge in [0.2, 0.25) is 0 Å². The van der Waals surface area contributed by atoms with Gasteiger partial charge in [-0.3, -0.25) is 0 Å². The van der Waals surface area contributed by atoms with Gasteiger partial charge >= 0.3 is 0 Å². The Bertz CT molecular complexity index is 309. The minimum Gasteiger partial charge on any atom is -0.389 e. The normalized spacial score (nSPS) is 24.4. The Hall–Kier alpha value is -0.600. The molecule has 2 heteroatoms. The second-order valence-corrected chi connectivity index (χ2v) is 5.85. The van der Waals surface area contributed by atoms with Crippen LogP contribution in [-0.4, -0.2) is 22.9 Å². The van der Waals surface area contributed by atoms with E-state index in [4.69, 9.17) is 4.74 Å². The topological polar surface area (TPSA) is 32.8 Å². The number of aliphatic hydroxyl groups excluding tert-OH is 1. The van der Waals surface area contributed by atoms with E-state index in [2.05, 4.69) is 40.7 Å². The van der Waals surface area contributed by atoms with E-state index in [0.717, 1.165) is 12.8 Å². The van der Waals surface area contributed by atoms with Crippen LogP contribution in [0.2, 0.25) is 0 Å². The molecule has 0 amide bonds. The van der Waals surface area contributed by atoms with Gasteiger partial charge in [-0.15, -0.1) is 0 Å². The highest BCUT2D eigenvalue weighted by molar-refractivity contribution is 5.07. The van der Waals surface area contributed by atoms with E-state index in [1.165, 1.54) is 11.1 Å². The summed E-state index contributed by atoms with van der Waals surface area (Å²) in [5, 5.41) is 9.80. The first-order valence-electron chi connectivity index (χ1n) is 6.48. The fourth-order valence-electron chi connectivity index (χ4n) is 1.93. The largest absolute Gasteiger partial charge is 0.389 e. The molecular formula is C15H26O2. The van der Waals surface area contributed by atoms with Gasteiger partial charge < -0.3 is 9.84 Å². The van der Waals surface area contributed by atoms with Crippen molar-refractivity contribution in [1.82, 2.24) is 0 Å². The summed E-state index contributed by atoms with van der Waals surface area (Å²) in [6, 6.07) is 0. The van der Waals surface area contributed by atoms with Crippen LogP contribution < -0.4 is 0 Å². The van der Waals surface area contributed by atoms with E-state index in [-0.39, 0.29) is 11.7 Å². The molecule has 1 aliphatic rings. The van der Waals surface area contributed by atoms with Crippen LogP contribution in [0.1, 0.15) is 53.9 Å². The summed E-state index contributed by atoms with van der Waals surface area (Å²) in [5.41, 5.74) is 2.59. The zero-order valence-corrected chi connectivity index (χ0v) is 11.8. The fourth-order valence-corrected chi connectivity index (χ4v) is 1.93. The standard InChI is InChI=1S/C15H26O2/c1-11(2)6-8-13(16)10-12(3)7-9-14-15(4,5)17-14/h6,10,13-14,16H,7-9H2,1-5H3/b12-10+. The van der Waals surface area contributed by atoms with Gasteiger partial charge in [-0.2, -0.15) is 0 Å². The molecule has 0 radical (unpaired) electrons.